The number of methoxy groups -OCH3 is 1. The van der Waals surface area contributed by atoms with E-state index in [2.05, 4.69) is 10.3 Å². The average molecular weight is 326 g/mol. The summed E-state index contributed by atoms with van der Waals surface area (Å²) in [5, 5.41) is 3.18. The van der Waals surface area contributed by atoms with E-state index in [1.165, 1.54) is 0 Å². The third-order valence-electron chi connectivity index (χ3n) is 4.42. The number of benzene rings is 1. The first-order valence-electron chi connectivity index (χ1n) is 8.20. The van der Waals surface area contributed by atoms with Crippen LogP contribution in [0.25, 0.3) is 0 Å². The molecule has 2 aromatic rings. The minimum absolute atomic E-state index is 0.0581. The maximum atomic E-state index is 12.7. The van der Waals surface area contributed by atoms with E-state index in [0.29, 0.717) is 11.5 Å². The first-order valence-corrected chi connectivity index (χ1v) is 8.20. The zero-order chi connectivity index (χ0) is 16.8. The quantitative estimate of drug-likeness (QED) is 0.917. The number of nitrogens with one attached hydrogen (secondary N) is 1. The molecular formula is C19H22N2O3. The Morgan fingerprint density at radius 1 is 1.25 bits per heavy atom. The summed E-state index contributed by atoms with van der Waals surface area (Å²) in [6, 6.07) is 11.0. The summed E-state index contributed by atoms with van der Waals surface area (Å²) in [5.74, 6) is 1.00. The van der Waals surface area contributed by atoms with Crippen molar-refractivity contribution in [1.29, 1.82) is 0 Å². The van der Waals surface area contributed by atoms with Gasteiger partial charge in [0.25, 0.3) is 5.91 Å². The second-order valence-electron chi connectivity index (χ2n) is 5.92. The third kappa shape index (κ3) is 3.92. The molecule has 1 aromatic heterocycles. The largest absolute Gasteiger partial charge is 0.497 e. The van der Waals surface area contributed by atoms with E-state index in [4.69, 9.17) is 9.47 Å². The maximum Gasteiger partial charge on any atom is 0.251 e. The van der Waals surface area contributed by atoms with Gasteiger partial charge in [-0.15, -0.1) is 0 Å². The Labute approximate surface area is 142 Å². The van der Waals surface area contributed by atoms with Crippen molar-refractivity contribution in [3.8, 4) is 5.75 Å². The predicted molar refractivity (Wildman–Crippen MR) is 91.0 cm³/mol. The van der Waals surface area contributed by atoms with Crippen molar-refractivity contribution in [2.24, 2.45) is 5.92 Å². The van der Waals surface area contributed by atoms with Crippen LogP contribution in [0.5, 0.6) is 5.75 Å². The van der Waals surface area contributed by atoms with Crippen LogP contribution in [-0.4, -0.2) is 31.2 Å². The number of pyridine rings is 1. The van der Waals surface area contributed by atoms with Crippen LogP contribution >= 0.6 is 0 Å². The lowest BCUT2D eigenvalue weighted by Gasteiger charge is -2.31. The molecule has 1 N–H and O–H groups in total. The van der Waals surface area contributed by atoms with Gasteiger partial charge in [-0.05, 0) is 54.7 Å². The van der Waals surface area contributed by atoms with E-state index in [1.54, 1.807) is 37.6 Å². The molecule has 3 rings (SSSR count). The molecule has 1 amide bonds. The van der Waals surface area contributed by atoms with Crippen molar-refractivity contribution in [2.75, 3.05) is 20.3 Å². The minimum atomic E-state index is -0.0852. The molecule has 1 saturated heterocycles. The van der Waals surface area contributed by atoms with Gasteiger partial charge in [0.1, 0.15) is 5.75 Å². The van der Waals surface area contributed by atoms with Crippen LogP contribution in [0.3, 0.4) is 0 Å². The Balaban J connectivity index is 1.78. The molecule has 1 aromatic carbocycles. The third-order valence-corrected chi connectivity index (χ3v) is 4.42. The molecule has 126 valence electrons. The van der Waals surface area contributed by atoms with Gasteiger partial charge in [-0.3, -0.25) is 9.78 Å². The Morgan fingerprint density at radius 3 is 2.62 bits per heavy atom. The van der Waals surface area contributed by atoms with E-state index in [1.807, 2.05) is 18.3 Å². The lowest BCUT2D eigenvalue weighted by atomic mass is 9.87. The number of nitrogens with zero attached hydrogens (tertiary/aromatic N) is 1. The molecular weight excluding hydrogens is 304 g/mol. The Kier molecular flexibility index (Phi) is 5.43. The van der Waals surface area contributed by atoms with Crippen LogP contribution in [0.2, 0.25) is 0 Å². The van der Waals surface area contributed by atoms with E-state index < -0.39 is 0 Å². The fraction of sp³-hybridized carbons (Fsp3) is 0.368. The Morgan fingerprint density at radius 2 is 2.00 bits per heavy atom. The topological polar surface area (TPSA) is 60.5 Å². The number of amides is 1. The molecule has 5 heteroatoms. The van der Waals surface area contributed by atoms with Crippen LogP contribution in [0.4, 0.5) is 0 Å². The van der Waals surface area contributed by atoms with Gasteiger partial charge in [0, 0.05) is 31.2 Å². The lowest BCUT2D eigenvalue weighted by Crippen LogP contribution is -2.36. The van der Waals surface area contributed by atoms with E-state index in [0.717, 1.165) is 37.4 Å². The molecule has 1 aliphatic heterocycles. The molecule has 1 unspecified atom stereocenters. The molecule has 2 heterocycles. The van der Waals surface area contributed by atoms with Crippen molar-refractivity contribution in [3.63, 3.8) is 0 Å². The zero-order valence-electron chi connectivity index (χ0n) is 13.8. The summed E-state index contributed by atoms with van der Waals surface area (Å²) in [7, 11) is 1.61. The highest BCUT2D eigenvalue weighted by molar-refractivity contribution is 5.94. The SMILES string of the molecule is COc1ccc(C(=O)NC(c2cccnc2)C2CCOCC2)cc1. The standard InChI is InChI=1S/C19H22N2O3/c1-23-17-6-4-15(5-7-17)19(22)21-18(14-8-11-24-12-9-14)16-3-2-10-20-13-16/h2-7,10,13-14,18H,8-9,11-12H2,1H3,(H,21,22). The smallest absolute Gasteiger partial charge is 0.251 e. The molecule has 0 saturated carbocycles. The van der Waals surface area contributed by atoms with Gasteiger partial charge in [-0.25, -0.2) is 0 Å². The zero-order valence-corrected chi connectivity index (χ0v) is 13.8. The molecule has 0 bridgehead atoms. The van der Waals surface area contributed by atoms with Gasteiger partial charge < -0.3 is 14.8 Å². The van der Waals surface area contributed by atoms with E-state index in [-0.39, 0.29) is 11.9 Å². The highest BCUT2D eigenvalue weighted by Gasteiger charge is 2.27. The summed E-state index contributed by atoms with van der Waals surface area (Å²) in [6.07, 6.45) is 5.44. The summed E-state index contributed by atoms with van der Waals surface area (Å²) in [6.45, 7) is 1.47. The summed E-state index contributed by atoms with van der Waals surface area (Å²) < 4.78 is 10.6. The number of carbonyl (C=O) groups excluding carboxylic acids is 1. The van der Waals surface area contributed by atoms with Gasteiger partial charge >= 0.3 is 0 Å². The number of aromatic nitrogens is 1. The molecule has 1 aliphatic rings. The second-order valence-corrected chi connectivity index (χ2v) is 5.92. The van der Waals surface area contributed by atoms with E-state index >= 15 is 0 Å². The molecule has 0 spiro atoms. The van der Waals surface area contributed by atoms with Crippen LogP contribution in [-0.2, 0) is 4.74 Å². The van der Waals surface area contributed by atoms with Gasteiger partial charge in [0.2, 0.25) is 0 Å². The second kappa shape index (κ2) is 7.93. The number of hydrogen-bond acceptors (Lipinski definition) is 4. The van der Waals surface area contributed by atoms with Crippen LogP contribution in [0.15, 0.2) is 48.8 Å². The van der Waals surface area contributed by atoms with Crippen LogP contribution < -0.4 is 10.1 Å². The number of hydrogen-bond donors (Lipinski definition) is 1. The summed E-state index contributed by atoms with van der Waals surface area (Å²) in [5.41, 5.74) is 1.66. The normalized spacial score (nSPS) is 16.4. The van der Waals surface area contributed by atoms with E-state index in [9.17, 15) is 4.79 Å². The summed E-state index contributed by atoms with van der Waals surface area (Å²) >= 11 is 0. The first-order chi connectivity index (χ1) is 11.8. The van der Waals surface area contributed by atoms with Crippen molar-refractivity contribution in [3.05, 3.63) is 59.9 Å². The van der Waals surface area contributed by atoms with Crippen molar-refractivity contribution in [2.45, 2.75) is 18.9 Å². The van der Waals surface area contributed by atoms with Gasteiger partial charge in [-0.1, -0.05) is 6.07 Å². The minimum Gasteiger partial charge on any atom is -0.497 e. The first kappa shape index (κ1) is 16.5. The van der Waals surface area contributed by atoms with Crippen LogP contribution in [0, 0.1) is 5.92 Å². The Bertz CT molecular complexity index is 652. The maximum absolute atomic E-state index is 12.7. The molecule has 1 fully saturated rings. The van der Waals surface area contributed by atoms with Crippen molar-refractivity contribution in [1.82, 2.24) is 10.3 Å². The fourth-order valence-electron chi connectivity index (χ4n) is 3.05. The monoisotopic (exact) mass is 326 g/mol. The summed E-state index contributed by atoms with van der Waals surface area (Å²) in [4.78, 5) is 16.9. The molecule has 1 atom stereocenters. The Hall–Kier alpha value is -2.40. The number of carbonyl (C=O) groups is 1. The molecule has 0 radical (unpaired) electrons. The predicted octanol–water partition coefficient (Wildman–Crippen LogP) is 2.99. The van der Waals surface area contributed by atoms with Crippen LogP contribution in [0.1, 0.15) is 34.8 Å². The lowest BCUT2D eigenvalue weighted by molar-refractivity contribution is 0.0513. The van der Waals surface area contributed by atoms with Gasteiger partial charge in [0.15, 0.2) is 0 Å². The van der Waals surface area contributed by atoms with Crippen molar-refractivity contribution < 1.29 is 14.3 Å². The van der Waals surface area contributed by atoms with Gasteiger partial charge in [-0.2, -0.15) is 0 Å². The molecule has 24 heavy (non-hydrogen) atoms. The molecule has 5 nitrogen and oxygen atoms in total. The highest BCUT2D eigenvalue weighted by atomic mass is 16.5. The van der Waals surface area contributed by atoms with Gasteiger partial charge in [0.05, 0.1) is 13.2 Å². The fourth-order valence-corrected chi connectivity index (χ4v) is 3.05. The average Bonchev–Trinajstić information content (AvgIpc) is 2.67. The number of ether oxygens (including phenoxy) is 2. The van der Waals surface area contributed by atoms with Crippen molar-refractivity contribution >= 4 is 5.91 Å². The highest BCUT2D eigenvalue weighted by Crippen LogP contribution is 2.30. The number of rotatable bonds is 5. The molecule has 0 aliphatic carbocycles.